The molecule has 1 aromatic carbocycles. The van der Waals surface area contributed by atoms with Gasteiger partial charge in [-0.25, -0.2) is 13.2 Å². The lowest BCUT2D eigenvalue weighted by atomic mass is 9.82. The van der Waals surface area contributed by atoms with Crippen molar-refractivity contribution in [1.82, 2.24) is 0 Å². The molecular formula is C17H24O6S. The van der Waals surface area contributed by atoms with E-state index in [4.69, 9.17) is 9.47 Å². The number of hydrogen-bond acceptors (Lipinski definition) is 6. The number of benzene rings is 1. The van der Waals surface area contributed by atoms with Gasteiger partial charge in [0.2, 0.25) is 0 Å². The number of hydrogen-bond donors (Lipinski definition) is 1. The van der Waals surface area contributed by atoms with Gasteiger partial charge in [0, 0.05) is 11.8 Å². The molecule has 1 saturated heterocycles. The number of aliphatic hydroxyl groups is 1. The topological polar surface area (TPSA) is 89.9 Å². The normalized spacial score (nSPS) is 30.8. The zero-order chi connectivity index (χ0) is 17.9. The van der Waals surface area contributed by atoms with Gasteiger partial charge >= 0.3 is 5.97 Å². The van der Waals surface area contributed by atoms with Crippen LogP contribution in [0.1, 0.15) is 20.3 Å². The number of rotatable bonds is 5. The predicted octanol–water partition coefficient (Wildman–Crippen LogP) is 1.42. The van der Waals surface area contributed by atoms with Crippen molar-refractivity contribution in [1.29, 1.82) is 0 Å². The highest BCUT2D eigenvalue weighted by atomic mass is 32.2. The monoisotopic (exact) mass is 356 g/mol. The van der Waals surface area contributed by atoms with Crippen molar-refractivity contribution < 1.29 is 27.8 Å². The molecule has 1 N–H and O–H groups in total. The van der Waals surface area contributed by atoms with Crippen LogP contribution in [0.25, 0.3) is 0 Å². The molecule has 5 atom stereocenters. The van der Waals surface area contributed by atoms with Crippen LogP contribution in [-0.2, 0) is 24.1 Å². The van der Waals surface area contributed by atoms with Crippen molar-refractivity contribution in [3.8, 4) is 0 Å². The molecule has 6 nitrogen and oxygen atoms in total. The number of ether oxygens (including phenoxy) is 2. The van der Waals surface area contributed by atoms with Crippen molar-refractivity contribution in [2.45, 2.75) is 43.5 Å². The molecule has 0 amide bonds. The lowest BCUT2D eigenvalue weighted by Gasteiger charge is -2.41. The Balaban J connectivity index is 2.09. The maximum atomic E-state index is 12.4. The van der Waals surface area contributed by atoms with E-state index in [0.29, 0.717) is 0 Å². The molecule has 2 unspecified atom stereocenters. The molecule has 0 aliphatic carbocycles. The molecule has 1 aromatic rings. The van der Waals surface area contributed by atoms with E-state index in [0.717, 1.165) is 0 Å². The smallest absolute Gasteiger partial charge is 0.335 e. The Morgan fingerprint density at radius 1 is 1.21 bits per heavy atom. The van der Waals surface area contributed by atoms with Gasteiger partial charge in [0.15, 0.2) is 15.9 Å². The van der Waals surface area contributed by atoms with Crippen molar-refractivity contribution >= 4 is 15.8 Å². The van der Waals surface area contributed by atoms with Crippen LogP contribution >= 0.6 is 0 Å². The first-order chi connectivity index (χ1) is 11.3. The molecule has 0 aromatic heterocycles. The molecule has 1 fully saturated rings. The molecule has 134 valence electrons. The SMILES string of the molecule is COC(=O)[C@H]1OC(CCS(=O)(=O)c2ccccc2)[C@@H](C)[C@@H](O)C1C. The Kier molecular flexibility index (Phi) is 6.01. The summed E-state index contributed by atoms with van der Waals surface area (Å²) >= 11 is 0. The second-order valence-corrected chi connectivity index (χ2v) is 8.36. The van der Waals surface area contributed by atoms with E-state index in [1.54, 1.807) is 44.2 Å². The Bertz CT molecular complexity index is 657. The predicted molar refractivity (Wildman–Crippen MR) is 88.1 cm³/mol. The third-order valence-corrected chi connectivity index (χ3v) is 6.43. The van der Waals surface area contributed by atoms with Crippen LogP contribution in [0.3, 0.4) is 0 Å². The van der Waals surface area contributed by atoms with Gasteiger partial charge in [-0.2, -0.15) is 0 Å². The minimum atomic E-state index is -3.44. The number of carbonyl (C=O) groups is 1. The molecule has 0 bridgehead atoms. The van der Waals surface area contributed by atoms with Crippen LogP contribution in [0.2, 0.25) is 0 Å². The first-order valence-corrected chi connectivity index (χ1v) is 9.62. The van der Waals surface area contributed by atoms with E-state index in [1.807, 2.05) is 0 Å². The number of sulfone groups is 1. The molecule has 1 heterocycles. The highest BCUT2D eigenvalue weighted by molar-refractivity contribution is 7.91. The first kappa shape index (κ1) is 18.9. The highest BCUT2D eigenvalue weighted by Crippen LogP contribution is 2.32. The molecule has 1 aliphatic rings. The van der Waals surface area contributed by atoms with Crippen LogP contribution in [-0.4, -0.2) is 50.7 Å². The summed E-state index contributed by atoms with van der Waals surface area (Å²) in [5, 5.41) is 10.3. The van der Waals surface area contributed by atoms with Gasteiger partial charge in [0.25, 0.3) is 0 Å². The summed E-state index contributed by atoms with van der Waals surface area (Å²) in [6, 6.07) is 8.20. The van der Waals surface area contributed by atoms with Gasteiger partial charge in [0.05, 0.1) is 30.0 Å². The lowest BCUT2D eigenvalue weighted by Crippen LogP contribution is -2.52. The van der Waals surface area contributed by atoms with Crippen molar-refractivity contribution in [3.05, 3.63) is 30.3 Å². The fraction of sp³-hybridized carbons (Fsp3) is 0.588. The Morgan fingerprint density at radius 3 is 2.42 bits per heavy atom. The Hall–Kier alpha value is -1.44. The molecular weight excluding hydrogens is 332 g/mol. The highest BCUT2D eigenvalue weighted by Gasteiger charge is 2.44. The van der Waals surface area contributed by atoms with Gasteiger partial charge in [0.1, 0.15) is 0 Å². The largest absolute Gasteiger partial charge is 0.467 e. The first-order valence-electron chi connectivity index (χ1n) is 7.97. The third-order valence-electron chi connectivity index (χ3n) is 4.67. The van der Waals surface area contributed by atoms with Crippen LogP contribution in [0.15, 0.2) is 35.2 Å². The van der Waals surface area contributed by atoms with E-state index in [2.05, 4.69) is 0 Å². The number of methoxy groups -OCH3 is 1. The van der Waals surface area contributed by atoms with E-state index >= 15 is 0 Å². The zero-order valence-electron chi connectivity index (χ0n) is 14.1. The molecule has 0 saturated carbocycles. The summed E-state index contributed by atoms with van der Waals surface area (Å²) in [7, 11) is -2.17. The summed E-state index contributed by atoms with van der Waals surface area (Å²) in [5.74, 6) is -1.34. The molecule has 24 heavy (non-hydrogen) atoms. The number of carbonyl (C=O) groups excluding carboxylic acids is 1. The number of aliphatic hydroxyl groups excluding tert-OH is 1. The minimum absolute atomic E-state index is 0.110. The molecule has 1 aliphatic heterocycles. The van der Waals surface area contributed by atoms with Crippen molar-refractivity contribution in [3.63, 3.8) is 0 Å². The minimum Gasteiger partial charge on any atom is -0.467 e. The Morgan fingerprint density at radius 2 is 1.83 bits per heavy atom. The van der Waals surface area contributed by atoms with Crippen LogP contribution in [0.5, 0.6) is 0 Å². The summed E-state index contributed by atoms with van der Waals surface area (Å²) in [5.41, 5.74) is 0. The maximum Gasteiger partial charge on any atom is 0.335 e. The average molecular weight is 356 g/mol. The van der Waals surface area contributed by atoms with E-state index in [9.17, 15) is 18.3 Å². The van der Waals surface area contributed by atoms with Crippen LogP contribution in [0, 0.1) is 11.8 Å². The maximum absolute atomic E-state index is 12.4. The Labute approximate surface area is 142 Å². The summed E-state index contributed by atoms with van der Waals surface area (Å²) < 4.78 is 35.3. The fourth-order valence-electron chi connectivity index (χ4n) is 3.05. The zero-order valence-corrected chi connectivity index (χ0v) is 14.9. The molecule has 7 heteroatoms. The van der Waals surface area contributed by atoms with Crippen molar-refractivity contribution in [2.24, 2.45) is 11.8 Å². The number of esters is 1. The van der Waals surface area contributed by atoms with Gasteiger partial charge in [-0.05, 0) is 18.6 Å². The van der Waals surface area contributed by atoms with Crippen molar-refractivity contribution in [2.75, 3.05) is 12.9 Å². The standard InChI is InChI=1S/C17H24O6S/c1-11-14(23-16(17(19)22-3)12(2)15(11)18)9-10-24(20,21)13-7-5-4-6-8-13/h4-8,11-12,14-16,18H,9-10H2,1-3H3/t11-,12?,14?,15-,16+/m1/s1. The van der Waals surface area contributed by atoms with E-state index in [1.165, 1.54) is 7.11 Å². The second kappa shape index (κ2) is 7.63. The second-order valence-electron chi connectivity index (χ2n) is 6.25. The van der Waals surface area contributed by atoms with Gasteiger partial charge < -0.3 is 14.6 Å². The molecule has 2 rings (SSSR count). The van der Waals surface area contributed by atoms with E-state index in [-0.39, 0.29) is 23.0 Å². The third kappa shape index (κ3) is 3.96. The average Bonchev–Trinajstić information content (AvgIpc) is 2.59. The summed E-state index contributed by atoms with van der Waals surface area (Å²) in [6.07, 6.45) is -1.97. The lowest BCUT2D eigenvalue weighted by molar-refractivity contribution is -0.193. The van der Waals surface area contributed by atoms with E-state index < -0.39 is 40.0 Å². The van der Waals surface area contributed by atoms with Gasteiger partial charge in [-0.1, -0.05) is 32.0 Å². The summed E-state index contributed by atoms with van der Waals surface area (Å²) in [4.78, 5) is 12.1. The van der Waals surface area contributed by atoms with Crippen LogP contribution < -0.4 is 0 Å². The van der Waals surface area contributed by atoms with Gasteiger partial charge in [-0.3, -0.25) is 0 Å². The van der Waals surface area contributed by atoms with Gasteiger partial charge in [-0.15, -0.1) is 0 Å². The summed E-state index contributed by atoms with van der Waals surface area (Å²) in [6.45, 7) is 3.52. The molecule has 0 radical (unpaired) electrons. The van der Waals surface area contributed by atoms with Crippen LogP contribution in [0.4, 0.5) is 0 Å². The quantitative estimate of drug-likeness (QED) is 0.803. The molecule has 0 spiro atoms. The fourth-order valence-corrected chi connectivity index (χ4v) is 4.40.